The summed E-state index contributed by atoms with van der Waals surface area (Å²) in [4.78, 5) is 11.4. The van der Waals surface area contributed by atoms with E-state index in [-0.39, 0.29) is 24.4 Å². The third-order valence-electron chi connectivity index (χ3n) is 2.16. The Morgan fingerprint density at radius 1 is 1.18 bits per heavy atom. The molecule has 0 aromatic carbocycles. The van der Waals surface area contributed by atoms with Crippen LogP contribution in [-0.2, 0) is 4.79 Å². The Morgan fingerprint density at radius 2 is 1.76 bits per heavy atom. The summed E-state index contributed by atoms with van der Waals surface area (Å²) in [7, 11) is 0. The van der Waals surface area contributed by atoms with Gasteiger partial charge in [0.05, 0.1) is 6.04 Å². The van der Waals surface area contributed by atoms with Crippen LogP contribution in [0.15, 0.2) is 0 Å². The van der Waals surface area contributed by atoms with Gasteiger partial charge in [-0.15, -0.1) is 0 Å². The minimum Gasteiger partial charge on any atom is -0.353 e. The molecule has 1 amide bonds. The predicted octanol–water partition coefficient (Wildman–Crippen LogP) is 2.22. The molecule has 0 aliphatic carbocycles. The Morgan fingerprint density at radius 3 is 2.24 bits per heavy atom. The van der Waals surface area contributed by atoms with Gasteiger partial charge in [-0.3, -0.25) is 4.79 Å². The SMILES string of the molecule is CC(C)NC(=O)C(C)NCCCCC(F)(F)F. The summed E-state index contributed by atoms with van der Waals surface area (Å²) in [6.07, 6.45) is -4.34. The monoisotopic (exact) mass is 254 g/mol. The van der Waals surface area contributed by atoms with Gasteiger partial charge >= 0.3 is 6.18 Å². The summed E-state index contributed by atoms with van der Waals surface area (Å²) in [6, 6.07) is -0.305. The lowest BCUT2D eigenvalue weighted by Crippen LogP contribution is -2.44. The van der Waals surface area contributed by atoms with Gasteiger partial charge < -0.3 is 10.6 Å². The second kappa shape index (κ2) is 7.53. The Bertz CT molecular complexity index is 229. The lowest BCUT2D eigenvalue weighted by molar-refractivity contribution is -0.135. The van der Waals surface area contributed by atoms with Gasteiger partial charge in [-0.1, -0.05) is 0 Å². The number of hydrogen-bond donors (Lipinski definition) is 2. The van der Waals surface area contributed by atoms with Gasteiger partial charge in [0, 0.05) is 12.5 Å². The van der Waals surface area contributed by atoms with Crippen LogP contribution in [0.25, 0.3) is 0 Å². The molecule has 0 aliphatic rings. The average molecular weight is 254 g/mol. The van der Waals surface area contributed by atoms with Gasteiger partial charge in [0.2, 0.25) is 5.91 Å². The Balaban J connectivity index is 3.58. The molecule has 3 nitrogen and oxygen atoms in total. The van der Waals surface area contributed by atoms with Crippen molar-refractivity contribution < 1.29 is 18.0 Å². The summed E-state index contributed by atoms with van der Waals surface area (Å²) in [6.45, 7) is 5.83. The number of carbonyl (C=O) groups excluding carboxylic acids is 1. The third-order valence-corrected chi connectivity index (χ3v) is 2.16. The molecule has 0 aromatic rings. The van der Waals surface area contributed by atoms with Crippen molar-refractivity contribution in [3.8, 4) is 0 Å². The van der Waals surface area contributed by atoms with Crippen LogP contribution in [0.1, 0.15) is 40.0 Å². The van der Waals surface area contributed by atoms with Gasteiger partial charge in [0.15, 0.2) is 0 Å². The maximum Gasteiger partial charge on any atom is 0.389 e. The molecule has 0 saturated carbocycles. The molecule has 0 bridgehead atoms. The fourth-order valence-corrected chi connectivity index (χ4v) is 1.27. The highest BCUT2D eigenvalue weighted by Crippen LogP contribution is 2.21. The number of halogens is 3. The summed E-state index contributed by atoms with van der Waals surface area (Å²) in [5.41, 5.74) is 0. The molecule has 102 valence electrons. The van der Waals surface area contributed by atoms with E-state index in [1.165, 1.54) is 0 Å². The highest BCUT2D eigenvalue weighted by Gasteiger charge is 2.25. The average Bonchev–Trinajstić information content (AvgIpc) is 2.13. The second-order valence-electron chi connectivity index (χ2n) is 4.41. The van der Waals surface area contributed by atoms with E-state index in [0.717, 1.165) is 0 Å². The van der Waals surface area contributed by atoms with Crippen molar-refractivity contribution in [1.82, 2.24) is 10.6 Å². The van der Waals surface area contributed by atoms with Gasteiger partial charge in [-0.2, -0.15) is 13.2 Å². The maximum absolute atomic E-state index is 11.8. The minimum absolute atomic E-state index is 0.0666. The highest BCUT2D eigenvalue weighted by molar-refractivity contribution is 5.81. The van der Waals surface area contributed by atoms with Crippen molar-refractivity contribution >= 4 is 5.91 Å². The van der Waals surface area contributed by atoms with Crippen LogP contribution in [0.3, 0.4) is 0 Å². The molecule has 1 atom stereocenters. The van der Waals surface area contributed by atoms with Crippen LogP contribution in [0.5, 0.6) is 0 Å². The molecule has 0 rings (SSSR count). The number of amides is 1. The molecule has 0 aliphatic heterocycles. The van der Waals surface area contributed by atoms with E-state index in [4.69, 9.17) is 0 Å². The first-order valence-corrected chi connectivity index (χ1v) is 5.83. The fourth-order valence-electron chi connectivity index (χ4n) is 1.27. The van der Waals surface area contributed by atoms with E-state index < -0.39 is 12.6 Å². The third kappa shape index (κ3) is 10.1. The van der Waals surface area contributed by atoms with Crippen molar-refractivity contribution in [2.75, 3.05) is 6.54 Å². The van der Waals surface area contributed by atoms with Crippen molar-refractivity contribution in [3.63, 3.8) is 0 Å². The molecule has 0 fully saturated rings. The first-order chi connectivity index (χ1) is 7.72. The van der Waals surface area contributed by atoms with E-state index in [1.807, 2.05) is 13.8 Å². The van der Waals surface area contributed by atoms with Crippen molar-refractivity contribution in [2.24, 2.45) is 0 Å². The summed E-state index contributed by atoms with van der Waals surface area (Å²) in [5.74, 6) is -0.129. The maximum atomic E-state index is 11.8. The van der Waals surface area contributed by atoms with Gasteiger partial charge in [0.1, 0.15) is 0 Å². The Kier molecular flexibility index (Phi) is 7.18. The molecule has 0 radical (unpaired) electrons. The van der Waals surface area contributed by atoms with E-state index in [1.54, 1.807) is 6.92 Å². The Hall–Kier alpha value is -0.780. The Labute approximate surface area is 100 Å². The highest BCUT2D eigenvalue weighted by atomic mass is 19.4. The second-order valence-corrected chi connectivity index (χ2v) is 4.41. The fraction of sp³-hybridized carbons (Fsp3) is 0.909. The number of hydrogen-bond acceptors (Lipinski definition) is 2. The zero-order valence-electron chi connectivity index (χ0n) is 10.5. The van der Waals surface area contributed by atoms with Gasteiger partial charge in [-0.05, 0) is 40.2 Å². The van der Waals surface area contributed by atoms with Crippen molar-refractivity contribution in [1.29, 1.82) is 0 Å². The van der Waals surface area contributed by atoms with Gasteiger partial charge in [0.25, 0.3) is 0 Å². The standard InChI is InChI=1S/C11H21F3N2O/c1-8(2)16-10(17)9(3)15-7-5-4-6-11(12,13)14/h8-9,15H,4-7H2,1-3H3,(H,16,17). The normalized spacial score (nSPS) is 13.8. The molecule has 0 saturated heterocycles. The number of alkyl halides is 3. The number of nitrogens with one attached hydrogen (secondary N) is 2. The van der Waals surface area contributed by atoms with Crippen LogP contribution in [0, 0.1) is 0 Å². The van der Waals surface area contributed by atoms with Crippen LogP contribution in [0.4, 0.5) is 13.2 Å². The van der Waals surface area contributed by atoms with Crippen LogP contribution < -0.4 is 10.6 Å². The van der Waals surface area contributed by atoms with E-state index in [9.17, 15) is 18.0 Å². The van der Waals surface area contributed by atoms with Crippen LogP contribution >= 0.6 is 0 Å². The van der Waals surface area contributed by atoms with Crippen LogP contribution in [0.2, 0.25) is 0 Å². The minimum atomic E-state index is -4.08. The molecule has 0 spiro atoms. The number of rotatable bonds is 7. The number of carbonyl (C=O) groups is 1. The smallest absolute Gasteiger partial charge is 0.353 e. The van der Waals surface area contributed by atoms with Crippen molar-refractivity contribution in [3.05, 3.63) is 0 Å². The first-order valence-electron chi connectivity index (χ1n) is 5.83. The lowest BCUT2D eigenvalue weighted by atomic mass is 10.2. The zero-order chi connectivity index (χ0) is 13.5. The van der Waals surface area contributed by atoms with E-state index in [2.05, 4.69) is 10.6 Å². The van der Waals surface area contributed by atoms with Gasteiger partial charge in [-0.25, -0.2) is 0 Å². The summed E-state index contributed by atoms with van der Waals surface area (Å²) in [5, 5.41) is 5.62. The molecule has 17 heavy (non-hydrogen) atoms. The lowest BCUT2D eigenvalue weighted by Gasteiger charge is -2.16. The quantitative estimate of drug-likeness (QED) is 0.684. The summed E-state index contributed by atoms with van der Waals surface area (Å²) >= 11 is 0. The predicted molar refractivity (Wildman–Crippen MR) is 60.6 cm³/mol. The van der Waals surface area contributed by atoms with E-state index in [0.29, 0.717) is 13.0 Å². The topological polar surface area (TPSA) is 41.1 Å². The molecule has 2 N–H and O–H groups in total. The molecule has 0 aromatic heterocycles. The molecule has 6 heteroatoms. The van der Waals surface area contributed by atoms with E-state index >= 15 is 0 Å². The molecule has 0 heterocycles. The molecular formula is C11H21F3N2O. The largest absolute Gasteiger partial charge is 0.389 e. The van der Waals surface area contributed by atoms with Crippen LogP contribution in [-0.4, -0.2) is 30.7 Å². The molecular weight excluding hydrogens is 233 g/mol. The zero-order valence-corrected chi connectivity index (χ0v) is 10.5. The summed E-state index contributed by atoms with van der Waals surface area (Å²) < 4.78 is 35.5. The number of unbranched alkanes of at least 4 members (excludes halogenated alkanes) is 1. The first kappa shape index (κ1) is 16.2. The van der Waals surface area contributed by atoms with Crippen molar-refractivity contribution in [2.45, 2.75) is 58.3 Å². The molecule has 1 unspecified atom stereocenters.